The van der Waals surface area contributed by atoms with Gasteiger partial charge in [0.15, 0.2) is 0 Å². The van der Waals surface area contributed by atoms with E-state index in [4.69, 9.17) is 4.74 Å². The van der Waals surface area contributed by atoms with Crippen LogP contribution in [0.4, 0.5) is 8.78 Å². The molecule has 4 nitrogen and oxygen atoms in total. The number of carbonyl (C=O) groups excluding carboxylic acids is 1. The zero-order valence-corrected chi connectivity index (χ0v) is 11.3. The molecule has 19 heavy (non-hydrogen) atoms. The van der Waals surface area contributed by atoms with Gasteiger partial charge in [-0.25, -0.2) is 8.78 Å². The molecule has 0 aliphatic carbocycles. The van der Waals surface area contributed by atoms with Crippen LogP contribution in [0.1, 0.15) is 25.7 Å². The van der Waals surface area contributed by atoms with Crippen molar-refractivity contribution < 1.29 is 18.3 Å². The second-order valence-corrected chi connectivity index (χ2v) is 5.60. The smallest absolute Gasteiger partial charge is 0.262 e. The number of hydrogen-bond donors (Lipinski definition) is 1. The molecule has 1 atom stereocenters. The number of hydrogen-bond acceptors (Lipinski definition) is 3. The fourth-order valence-electron chi connectivity index (χ4n) is 2.68. The van der Waals surface area contributed by atoms with E-state index in [0.29, 0.717) is 12.5 Å². The van der Waals surface area contributed by atoms with Crippen LogP contribution < -0.4 is 5.32 Å². The molecule has 1 N–H and O–H groups in total. The zero-order valence-electron chi connectivity index (χ0n) is 11.3. The molecule has 2 rings (SSSR count). The number of nitrogens with zero attached hydrogens (tertiary/aromatic N) is 1. The van der Waals surface area contributed by atoms with Crippen molar-refractivity contribution in [2.75, 3.05) is 33.4 Å². The zero-order chi connectivity index (χ0) is 13.9. The van der Waals surface area contributed by atoms with E-state index < -0.39 is 18.5 Å². The SMILES string of the molecule is CN(CCC1CCOCC1)C(=O)C1CC(F)(F)CN1. The Morgan fingerprint density at radius 3 is 2.68 bits per heavy atom. The van der Waals surface area contributed by atoms with E-state index in [9.17, 15) is 13.6 Å². The molecule has 1 amide bonds. The summed E-state index contributed by atoms with van der Waals surface area (Å²) in [4.78, 5) is 13.6. The van der Waals surface area contributed by atoms with E-state index in [-0.39, 0.29) is 12.3 Å². The number of rotatable bonds is 4. The van der Waals surface area contributed by atoms with Crippen LogP contribution in [0.15, 0.2) is 0 Å². The minimum atomic E-state index is -2.75. The van der Waals surface area contributed by atoms with Gasteiger partial charge in [-0.3, -0.25) is 10.1 Å². The summed E-state index contributed by atoms with van der Waals surface area (Å²) in [5.41, 5.74) is 0. The molecule has 0 bridgehead atoms. The number of carbonyl (C=O) groups is 1. The number of likely N-dealkylation sites (N-methyl/N-ethyl adjacent to an activating group) is 1. The van der Waals surface area contributed by atoms with Gasteiger partial charge < -0.3 is 9.64 Å². The van der Waals surface area contributed by atoms with Crippen LogP contribution in [0.25, 0.3) is 0 Å². The molecule has 1 unspecified atom stereocenters. The van der Waals surface area contributed by atoms with Gasteiger partial charge in [-0.1, -0.05) is 0 Å². The normalized spacial score (nSPS) is 27.4. The first-order valence-electron chi connectivity index (χ1n) is 6.92. The van der Waals surface area contributed by atoms with E-state index in [0.717, 1.165) is 32.5 Å². The van der Waals surface area contributed by atoms with Gasteiger partial charge in [-0.05, 0) is 25.2 Å². The lowest BCUT2D eigenvalue weighted by atomic mass is 9.96. The maximum absolute atomic E-state index is 13.0. The Hall–Kier alpha value is -0.750. The Morgan fingerprint density at radius 1 is 1.42 bits per heavy atom. The van der Waals surface area contributed by atoms with Crippen molar-refractivity contribution in [3.63, 3.8) is 0 Å². The third-order valence-corrected chi connectivity index (χ3v) is 4.00. The fourth-order valence-corrected chi connectivity index (χ4v) is 2.68. The molecule has 0 radical (unpaired) electrons. The van der Waals surface area contributed by atoms with Crippen molar-refractivity contribution in [3.05, 3.63) is 0 Å². The Morgan fingerprint density at radius 2 is 2.11 bits per heavy atom. The Balaban J connectivity index is 1.73. The monoisotopic (exact) mass is 276 g/mol. The van der Waals surface area contributed by atoms with Gasteiger partial charge in [0.05, 0.1) is 12.6 Å². The van der Waals surface area contributed by atoms with E-state index in [2.05, 4.69) is 5.32 Å². The van der Waals surface area contributed by atoms with Crippen molar-refractivity contribution >= 4 is 5.91 Å². The largest absolute Gasteiger partial charge is 0.381 e. The maximum atomic E-state index is 13.0. The van der Waals surface area contributed by atoms with E-state index >= 15 is 0 Å². The van der Waals surface area contributed by atoms with Crippen LogP contribution in [0.2, 0.25) is 0 Å². The first kappa shape index (κ1) is 14.7. The van der Waals surface area contributed by atoms with E-state index in [1.807, 2.05) is 0 Å². The number of nitrogens with one attached hydrogen (secondary N) is 1. The van der Waals surface area contributed by atoms with Gasteiger partial charge in [0.2, 0.25) is 5.91 Å². The first-order chi connectivity index (χ1) is 8.98. The van der Waals surface area contributed by atoms with Crippen LogP contribution in [0, 0.1) is 5.92 Å². The molecule has 2 saturated heterocycles. The van der Waals surface area contributed by atoms with E-state index in [1.165, 1.54) is 0 Å². The summed E-state index contributed by atoms with van der Waals surface area (Å²) in [7, 11) is 1.69. The molecule has 2 aliphatic heterocycles. The van der Waals surface area contributed by atoms with Crippen molar-refractivity contribution in [1.29, 1.82) is 0 Å². The molecule has 0 aromatic heterocycles. The van der Waals surface area contributed by atoms with Crippen LogP contribution in [0.3, 0.4) is 0 Å². The van der Waals surface area contributed by atoms with Gasteiger partial charge >= 0.3 is 0 Å². The summed E-state index contributed by atoms with van der Waals surface area (Å²) in [6.45, 7) is 1.82. The number of halogens is 2. The van der Waals surface area contributed by atoms with Gasteiger partial charge in [0, 0.05) is 33.2 Å². The first-order valence-corrected chi connectivity index (χ1v) is 6.92. The molecule has 2 heterocycles. The number of alkyl halides is 2. The molecule has 2 fully saturated rings. The van der Waals surface area contributed by atoms with Crippen molar-refractivity contribution in [2.24, 2.45) is 5.92 Å². The Kier molecular flexibility index (Phi) is 4.73. The highest BCUT2D eigenvalue weighted by Crippen LogP contribution is 2.26. The van der Waals surface area contributed by atoms with Crippen LogP contribution in [-0.2, 0) is 9.53 Å². The predicted molar refractivity (Wildman–Crippen MR) is 67.2 cm³/mol. The second-order valence-electron chi connectivity index (χ2n) is 5.60. The van der Waals surface area contributed by atoms with Gasteiger partial charge in [-0.2, -0.15) is 0 Å². The summed E-state index contributed by atoms with van der Waals surface area (Å²) >= 11 is 0. The predicted octanol–water partition coefficient (Wildman–Crippen LogP) is 1.26. The third kappa shape index (κ3) is 4.11. The van der Waals surface area contributed by atoms with Gasteiger partial charge in [-0.15, -0.1) is 0 Å². The topological polar surface area (TPSA) is 41.6 Å². The van der Waals surface area contributed by atoms with Gasteiger partial charge in [0.25, 0.3) is 5.92 Å². The quantitative estimate of drug-likeness (QED) is 0.840. The summed E-state index contributed by atoms with van der Waals surface area (Å²) in [5, 5.41) is 2.60. The molecule has 2 aliphatic rings. The van der Waals surface area contributed by atoms with Crippen LogP contribution >= 0.6 is 0 Å². The molecule has 0 aromatic carbocycles. The van der Waals surface area contributed by atoms with E-state index in [1.54, 1.807) is 11.9 Å². The average Bonchev–Trinajstić information content (AvgIpc) is 2.76. The van der Waals surface area contributed by atoms with Crippen molar-refractivity contribution in [2.45, 2.75) is 37.6 Å². The highest BCUT2D eigenvalue weighted by Gasteiger charge is 2.43. The fraction of sp³-hybridized carbons (Fsp3) is 0.923. The molecule has 0 spiro atoms. The summed E-state index contributed by atoms with van der Waals surface area (Å²) in [6, 6.07) is -0.727. The average molecular weight is 276 g/mol. The number of ether oxygens (including phenoxy) is 1. The van der Waals surface area contributed by atoms with Crippen LogP contribution in [0.5, 0.6) is 0 Å². The summed E-state index contributed by atoms with van der Waals surface area (Å²) in [6.07, 6.45) is 2.60. The lowest BCUT2D eigenvalue weighted by molar-refractivity contribution is -0.132. The molecule has 0 saturated carbocycles. The molecule has 110 valence electrons. The lowest BCUT2D eigenvalue weighted by Gasteiger charge is -2.26. The minimum absolute atomic E-state index is 0.218. The Bertz CT molecular complexity index is 320. The number of amides is 1. The highest BCUT2D eigenvalue weighted by molar-refractivity contribution is 5.82. The van der Waals surface area contributed by atoms with Crippen molar-refractivity contribution in [3.8, 4) is 0 Å². The maximum Gasteiger partial charge on any atom is 0.262 e. The van der Waals surface area contributed by atoms with Crippen molar-refractivity contribution in [1.82, 2.24) is 10.2 Å². The van der Waals surface area contributed by atoms with Crippen LogP contribution in [-0.4, -0.2) is 56.1 Å². The second kappa shape index (κ2) is 6.13. The summed E-state index contributed by atoms with van der Waals surface area (Å²) < 4.78 is 31.4. The molecular formula is C13H22F2N2O2. The van der Waals surface area contributed by atoms with Gasteiger partial charge in [0.1, 0.15) is 0 Å². The molecule has 0 aromatic rings. The third-order valence-electron chi connectivity index (χ3n) is 4.00. The molecular weight excluding hydrogens is 254 g/mol. The summed E-state index contributed by atoms with van der Waals surface area (Å²) in [5.74, 6) is -2.38. The minimum Gasteiger partial charge on any atom is -0.381 e. The standard InChI is InChI=1S/C13H22F2N2O2/c1-17(5-2-10-3-6-19-7-4-10)12(18)11-8-13(14,15)9-16-11/h10-11,16H,2-9H2,1H3. The molecule has 6 heteroatoms. The Labute approximate surface area is 112 Å². The lowest BCUT2D eigenvalue weighted by Crippen LogP contribution is -2.42. The highest BCUT2D eigenvalue weighted by atomic mass is 19.3.